The van der Waals surface area contributed by atoms with E-state index in [0.29, 0.717) is 31.2 Å². The SMILES string of the molecule is Cc1ccc(S(=O)(=O)N(CC(=O)N2CCN(c3cc(Cl)ccc3C)CC2)Cc2ccccc2)cc1. The van der Waals surface area contributed by atoms with Gasteiger partial charge in [0.15, 0.2) is 0 Å². The zero-order valence-electron chi connectivity index (χ0n) is 20.0. The number of nitrogens with zero attached hydrogens (tertiary/aromatic N) is 3. The van der Waals surface area contributed by atoms with E-state index in [1.54, 1.807) is 29.2 Å². The highest BCUT2D eigenvalue weighted by atomic mass is 35.5. The molecule has 184 valence electrons. The smallest absolute Gasteiger partial charge is 0.243 e. The predicted molar refractivity (Wildman–Crippen MR) is 140 cm³/mol. The Labute approximate surface area is 212 Å². The van der Waals surface area contributed by atoms with E-state index in [4.69, 9.17) is 11.6 Å². The number of amides is 1. The minimum absolute atomic E-state index is 0.129. The highest BCUT2D eigenvalue weighted by molar-refractivity contribution is 7.89. The fourth-order valence-corrected chi connectivity index (χ4v) is 5.79. The van der Waals surface area contributed by atoms with E-state index in [1.807, 2.05) is 62.4 Å². The zero-order chi connectivity index (χ0) is 25.0. The summed E-state index contributed by atoms with van der Waals surface area (Å²) in [6.07, 6.45) is 0. The van der Waals surface area contributed by atoms with Crippen LogP contribution in [-0.2, 0) is 21.4 Å². The van der Waals surface area contributed by atoms with Gasteiger partial charge in [0.2, 0.25) is 15.9 Å². The molecule has 0 saturated carbocycles. The fraction of sp³-hybridized carbons (Fsp3) is 0.296. The second kappa shape index (κ2) is 10.8. The molecule has 1 aliphatic heterocycles. The van der Waals surface area contributed by atoms with Crippen LogP contribution in [0.1, 0.15) is 16.7 Å². The Bertz CT molecular complexity index is 1270. The maximum absolute atomic E-state index is 13.5. The lowest BCUT2D eigenvalue weighted by atomic mass is 10.1. The summed E-state index contributed by atoms with van der Waals surface area (Å²) in [5, 5.41) is 0.682. The summed E-state index contributed by atoms with van der Waals surface area (Å²) in [5.41, 5.74) is 4.00. The van der Waals surface area contributed by atoms with E-state index in [0.717, 1.165) is 22.4 Å². The average molecular weight is 512 g/mol. The number of aryl methyl sites for hydroxylation is 2. The average Bonchev–Trinajstić information content (AvgIpc) is 2.86. The molecule has 0 bridgehead atoms. The summed E-state index contributed by atoms with van der Waals surface area (Å²) >= 11 is 6.19. The van der Waals surface area contributed by atoms with E-state index in [-0.39, 0.29) is 23.9 Å². The molecule has 1 fully saturated rings. The standard InChI is InChI=1S/C27H30ClN3O3S/c1-21-8-12-25(13-9-21)35(33,34)31(19-23-6-4-3-5-7-23)20-27(32)30-16-14-29(15-17-30)26-18-24(28)11-10-22(26)2/h3-13,18H,14-17,19-20H2,1-2H3. The molecule has 0 N–H and O–H groups in total. The first-order valence-corrected chi connectivity index (χ1v) is 13.5. The number of hydrogen-bond donors (Lipinski definition) is 0. The number of carbonyl (C=O) groups excluding carboxylic acids is 1. The monoisotopic (exact) mass is 511 g/mol. The summed E-state index contributed by atoms with van der Waals surface area (Å²) in [7, 11) is -3.85. The minimum atomic E-state index is -3.85. The van der Waals surface area contributed by atoms with E-state index in [9.17, 15) is 13.2 Å². The van der Waals surface area contributed by atoms with Crippen LogP contribution in [0.15, 0.2) is 77.7 Å². The third-order valence-corrected chi connectivity index (χ3v) is 8.36. The maximum Gasteiger partial charge on any atom is 0.243 e. The second-order valence-electron chi connectivity index (χ2n) is 8.87. The van der Waals surface area contributed by atoms with Gasteiger partial charge in [0.25, 0.3) is 0 Å². The molecule has 1 amide bonds. The molecule has 1 heterocycles. The van der Waals surface area contributed by atoms with Crippen molar-refractivity contribution in [3.05, 3.63) is 94.5 Å². The number of anilines is 1. The van der Waals surface area contributed by atoms with Crippen molar-refractivity contribution in [1.82, 2.24) is 9.21 Å². The van der Waals surface area contributed by atoms with Crippen molar-refractivity contribution in [2.75, 3.05) is 37.6 Å². The van der Waals surface area contributed by atoms with Crippen LogP contribution in [0.2, 0.25) is 5.02 Å². The molecule has 1 aliphatic rings. The molecule has 0 radical (unpaired) electrons. The quantitative estimate of drug-likeness (QED) is 0.468. The highest BCUT2D eigenvalue weighted by Crippen LogP contribution is 2.26. The van der Waals surface area contributed by atoms with Crippen molar-refractivity contribution in [2.24, 2.45) is 0 Å². The summed E-state index contributed by atoms with van der Waals surface area (Å²) in [5.74, 6) is -0.195. The molecule has 3 aromatic rings. The van der Waals surface area contributed by atoms with Gasteiger partial charge in [-0.3, -0.25) is 4.79 Å². The second-order valence-corrected chi connectivity index (χ2v) is 11.2. The molecule has 35 heavy (non-hydrogen) atoms. The van der Waals surface area contributed by atoms with E-state index in [1.165, 1.54) is 4.31 Å². The van der Waals surface area contributed by atoms with Crippen LogP contribution in [0.25, 0.3) is 0 Å². The molecule has 0 spiro atoms. The van der Waals surface area contributed by atoms with Crippen molar-refractivity contribution >= 4 is 33.2 Å². The van der Waals surface area contributed by atoms with Gasteiger partial charge >= 0.3 is 0 Å². The Morgan fingerprint density at radius 2 is 1.57 bits per heavy atom. The molecular weight excluding hydrogens is 482 g/mol. The summed E-state index contributed by atoms with van der Waals surface area (Å²) in [6.45, 7) is 6.24. The number of benzene rings is 3. The van der Waals surface area contributed by atoms with Gasteiger partial charge in [0, 0.05) is 43.4 Å². The topological polar surface area (TPSA) is 60.9 Å². The van der Waals surface area contributed by atoms with Crippen molar-refractivity contribution in [1.29, 1.82) is 0 Å². The number of sulfonamides is 1. The Hall–Kier alpha value is -2.87. The maximum atomic E-state index is 13.5. The predicted octanol–water partition coefficient (Wildman–Crippen LogP) is 4.50. The first-order valence-electron chi connectivity index (χ1n) is 11.6. The van der Waals surface area contributed by atoms with Crippen LogP contribution in [0.5, 0.6) is 0 Å². The molecule has 0 atom stereocenters. The molecule has 6 nitrogen and oxygen atoms in total. The van der Waals surface area contributed by atoms with Gasteiger partial charge in [-0.2, -0.15) is 4.31 Å². The molecule has 0 aromatic heterocycles. The number of carbonyl (C=O) groups is 1. The van der Waals surface area contributed by atoms with Crippen LogP contribution >= 0.6 is 11.6 Å². The summed E-state index contributed by atoms with van der Waals surface area (Å²) in [6, 6.07) is 21.9. The summed E-state index contributed by atoms with van der Waals surface area (Å²) < 4.78 is 28.3. The van der Waals surface area contributed by atoms with Gasteiger partial charge in [0.1, 0.15) is 0 Å². The number of hydrogen-bond acceptors (Lipinski definition) is 4. The lowest BCUT2D eigenvalue weighted by Gasteiger charge is -2.37. The number of piperazine rings is 1. The van der Waals surface area contributed by atoms with Gasteiger partial charge in [-0.1, -0.05) is 65.7 Å². The van der Waals surface area contributed by atoms with Crippen LogP contribution < -0.4 is 4.90 Å². The summed E-state index contributed by atoms with van der Waals surface area (Å²) in [4.78, 5) is 17.4. The van der Waals surface area contributed by atoms with Gasteiger partial charge in [-0.25, -0.2) is 8.42 Å². The third kappa shape index (κ3) is 6.04. The van der Waals surface area contributed by atoms with Crippen molar-refractivity contribution in [3.8, 4) is 0 Å². The fourth-order valence-electron chi connectivity index (χ4n) is 4.24. The minimum Gasteiger partial charge on any atom is -0.368 e. The van der Waals surface area contributed by atoms with E-state index < -0.39 is 10.0 Å². The molecule has 0 aliphatic carbocycles. The number of rotatable bonds is 7. The number of halogens is 1. The molecule has 4 rings (SSSR count). The lowest BCUT2D eigenvalue weighted by Crippen LogP contribution is -2.51. The van der Waals surface area contributed by atoms with E-state index >= 15 is 0 Å². The Morgan fingerprint density at radius 3 is 2.23 bits per heavy atom. The van der Waals surface area contributed by atoms with Crippen molar-refractivity contribution in [3.63, 3.8) is 0 Å². The third-order valence-electron chi connectivity index (χ3n) is 6.32. The first kappa shape index (κ1) is 25.2. The lowest BCUT2D eigenvalue weighted by molar-refractivity contribution is -0.131. The molecule has 0 unspecified atom stereocenters. The van der Waals surface area contributed by atoms with Crippen LogP contribution in [-0.4, -0.2) is 56.3 Å². The Morgan fingerprint density at radius 1 is 0.914 bits per heavy atom. The Balaban J connectivity index is 1.49. The van der Waals surface area contributed by atoms with Crippen LogP contribution in [0.4, 0.5) is 5.69 Å². The van der Waals surface area contributed by atoms with Gasteiger partial charge in [-0.15, -0.1) is 0 Å². The van der Waals surface area contributed by atoms with E-state index in [2.05, 4.69) is 4.90 Å². The largest absolute Gasteiger partial charge is 0.368 e. The zero-order valence-corrected chi connectivity index (χ0v) is 21.6. The highest BCUT2D eigenvalue weighted by Gasteiger charge is 2.30. The molecular formula is C27H30ClN3O3S. The van der Waals surface area contributed by atoms with Crippen LogP contribution in [0, 0.1) is 13.8 Å². The molecule has 3 aromatic carbocycles. The van der Waals surface area contributed by atoms with Crippen molar-refractivity contribution < 1.29 is 13.2 Å². The van der Waals surface area contributed by atoms with Gasteiger partial charge in [-0.05, 0) is 49.2 Å². The van der Waals surface area contributed by atoms with Crippen LogP contribution in [0.3, 0.4) is 0 Å². The normalized spacial score (nSPS) is 14.4. The molecule has 8 heteroatoms. The van der Waals surface area contributed by atoms with Crippen molar-refractivity contribution in [2.45, 2.75) is 25.3 Å². The molecule has 1 saturated heterocycles. The Kier molecular flexibility index (Phi) is 7.79. The van der Waals surface area contributed by atoms with Gasteiger partial charge < -0.3 is 9.80 Å². The van der Waals surface area contributed by atoms with Gasteiger partial charge in [0.05, 0.1) is 11.4 Å². The first-order chi connectivity index (χ1) is 16.7.